The van der Waals surface area contributed by atoms with E-state index in [-0.39, 0.29) is 18.2 Å². The Hall–Kier alpha value is -3.95. The largest absolute Gasteiger partial charge is 0.496 e. The predicted octanol–water partition coefficient (Wildman–Crippen LogP) is 1.52. The van der Waals surface area contributed by atoms with E-state index in [1.54, 1.807) is 6.07 Å². The molecule has 0 unspecified atom stereocenters. The van der Waals surface area contributed by atoms with E-state index < -0.39 is 5.97 Å². The first-order valence-corrected chi connectivity index (χ1v) is 8.56. The van der Waals surface area contributed by atoms with Crippen molar-refractivity contribution in [3.63, 3.8) is 0 Å². The van der Waals surface area contributed by atoms with Gasteiger partial charge in [0.15, 0.2) is 11.5 Å². The van der Waals surface area contributed by atoms with Crippen LogP contribution < -0.4 is 19.6 Å². The highest BCUT2D eigenvalue weighted by Crippen LogP contribution is 2.34. The van der Waals surface area contributed by atoms with Crippen LogP contribution in [-0.4, -0.2) is 47.3 Å². The summed E-state index contributed by atoms with van der Waals surface area (Å²) >= 11 is 0. The maximum Gasteiger partial charge on any atom is 0.308 e. The zero-order valence-electron chi connectivity index (χ0n) is 16.1. The number of hydrogen-bond donors (Lipinski definition) is 1. The molecule has 3 aromatic rings. The Morgan fingerprint density at radius 2 is 1.90 bits per heavy atom. The SMILES string of the molecule is COc1cc(OC(C)=O)c(OC)cc1C=NNC(=O)Cn1nnc2ccccc21. The minimum atomic E-state index is -0.486. The van der Waals surface area contributed by atoms with E-state index in [0.717, 1.165) is 5.52 Å². The van der Waals surface area contributed by atoms with Gasteiger partial charge in [-0.1, -0.05) is 17.3 Å². The first-order chi connectivity index (χ1) is 14.0. The van der Waals surface area contributed by atoms with Gasteiger partial charge in [-0.3, -0.25) is 9.59 Å². The minimum absolute atomic E-state index is 0.0380. The zero-order valence-corrected chi connectivity index (χ0v) is 16.1. The lowest BCUT2D eigenvalue weighted by Gasteiger charge is -2.12. The number of rotatable bonds is 7. The Kier molecular flexibility index (Phi) is 6.03. The smallest absolute Gasteiger partial charge is 0.308 e. The van der Waals surface area contributed by atoms with Crippen molar-refractivity contribution in [3.05, 3.63) is 42.0 Å². The normalized spacial score (nSPS) is 10.9. The number of nitrogens with one attached hydrogen (secondary N) is 1. The molecule has 10 heteroatoms. The molecular formula is C19H19N5O5. The average Bonchev–Trinajstić information content (AvgIpc) is 3.11. The number of nitrogens with zero attached hydrogens (tertiary/aromatic N) is 4. The molecule has 1 N–H and O–H groups in total. The lowest BCUT2D eigenvalue weighted by molar-refractivity contribution is -0.132. The number of methoxy groups -OCH3 is 2. The van der Waals surface area contributed by atoms with Gasteiger partial charge in [0.2, 0.25) is 0 Å². The molecule has 3 rings (SSSR count). The van der Waals surface area contributed by atoms with Gasteiger partial charge in [-0.25, -0.2) is 10.1 Å². The molecule has 0 aliphatic carbocycles. The molecule has 0 spiro atoms. The number of para-hydroxylation sites is 1. The van der Waals surface area contributed by atoms with Gasteiger partial charge >= 0.3 is 5.97 Å². The highest BCUT2D eigenvalue weighted by atomic mass is 16.6. The van der Waals surface area contributed by atoms with Crippen LogP contribution in [0.5, 0.6) is 17.2 Å². The Morgan fingerprint density at radius 3 is 2.62 bits per heavy atom. The van der Waals surface area contributed by atoms with Crippen LogP contribution in [0.3, 0.4) is 0 Å². The molecule has 1 amide bonds. The second kappa shape index (κ2) is 8.83. The molecule has 0 fully saturated rings. The van der Waals surface area contributed by atoms with Gasteiger partial charge in [-0.05, 0) is 18.2 Å². The first-order valence-electron chi connectivity index (χ1n) is 8.56. The van der Waals surface area contributed by atoms with Crippen molar-refractivity contribution in [2.75, 3.05) is 14.2 Å². The summed E-state index contributed by atoms with van der Waals surface area (Å²) in [4.78, 5) is 23.4. The van der Waals surface area contributed by atoms with Gasteiger partial charge in [-0.2, -0.15) is 5.10 Å². The number of hydrogen-bond acceptors (Lipinski definition) is 8. The van der Waals surface area contributed by atoms with Gasteiger partial charge in [0.1, 0.15) is 17.8 Å². The molecule has 10 nitrogen and oxygen atoms in total. The Balaban J connectivity index is 1.72. The van der Waals surface area contributed by atoms with Crippen LogP contribution in [0, 0.1) is 0 Å². The second-order valence-electron chi connectivity index (χ2n) is 5.87. The van der Waals surface area contributed by atoms with Gasteiger partial charge in [0.05, 0.1) is 26.0 Å². The standard InChI is InChI=1S/C19H19N5O5/c1-12(25)29-18-9-16(27-2)13(8-17(18)28-3)10-20-22-19(26)11-24-15-7-5-4-6-14(15)21-23-24/h4-10H,11H2,1-3H3,(H,22,26). The molecule has 2 aromatic carbocycles. The van der Waals surface area contributed by atoms with Crippen LogP contribution in [0.25, 0.3) is 11.0 Å². The van der Waals surface area contributed by atoms with Crippen molar-refractivity contribution in [2.45, 2.75) is 13.5 Å². The van der Waals surface area contributed by atoms with Crippen molar-refractivity contribution < 1.29 is 23.8 Å². The van der Waals surface area contributed by atoms with E-state index in [4.69, 9.17) is 14.2 Å². The Labute approximate surface area is 166 Å². The first kappa shape index (κ1) is 19.8. The van der Waals surface area contributed by atoms with Crippen LogP contribution in [0.4, 0.5) is 0 Å². The molecule has 1 heterocycles. The predicted molar refractivity (Wildman–Crippen MR) is 104 cm³/mol. The number of ether oxygens (including phenoxy) is 3. The number of hydrazone groups is 1. The number of esters is 1. The van der Waals surface area contributed by atoms with Crippen LogP contribution in [0.15, 0.2) is 41.5 Å². The molecule has 150 valence electrons. The van der Waals surface area contributed by atoms with Gasteiger partial charge in [0, 0.05) is 18.6 Å². The number of carbonyl (C=O) groups excluding carboxylic acids is 2. The van der Waals surface area contributed by atoms with Crippen molar-refractivity contribution in [2.24, 2.45) is 5.10 Å². The molecule has 0 bridgehead atoms. The summed E-state index contributed by atoms with van der Waals surface area (Å²) in [6.07, 6.45) is 1.40. The van der Waals surface area contributed by atoms with Crippen molar-refractivity contribution in [1.29, 1.82) is 0 Å². The summed E-state index contributed by atoms with van der Waals surface area (Å²) < 4.78 is 17.1. The van der Waals surface area contributed by atoms with E-state index in [1.807, 2.05) is 24.3 Å². The number of aromatic nitrogens is 3. The third-order valence-corrected chi connectivity index (χ3v) is 3.88. The van der Waals surface area contributed by atoms with Gasteiger partial charge < -0.3 is 14.2 Å². The average molecular weight is 397 g/mol. The van der Waals surface area contributed by atoms with Crippen LogP contribution in [0.1, 0.15) is 12.5 Å². The van der Waals surface area contributed by atoms with E-state index >= 15 is 0 Å². The number of benzene rings is 2. The zero-order chi connectivity index (χ0) is 20.8. The van der Waals surface area contributed by atoms with Crippen LogP contribution >= 0.6 is 0 Å². The summed E-state index contributed by atoms with van der Waals surface area (Å²) in [6.45, 7) is 1.25. The van der Waals surface area contributed by atoms with Crippen LogP contribution in [0.2, 0.25) is 0 Å². The van der Waals surface area contributed by atoms with Crippen molar-refractivity contribution >= 4 is 29.1 Å². The molecule has 29 heavy (non-hydrogen) atoms. The second-order valence-corrected chi connectivity index (χ2v) is 5.87. The van der Waals surface area contributed by atoms with Crippen molar-refractivity contribution in [3.8, 4) is 17.2 Å². The molecular weight excluding hydrogens is 378 g/mol. The van der Waals surface area contributed by atoms with Crippen molar-refractivity contribution in [1.82, 2.24) is 20.4 Å². The number of amides is 1. The fourth-order valence-electron chi connectivity index (χ4n) is 2.61. The van der Waals surface area contributed by atoms with E-state index in [9.17, 15) is 9.59 Å². The van der Waals surface area contributed by atoms with E-state index in [2.05, 4.69) is 20.8 Å². The third kappa shape index (κ3) is 4.67. The fourth-order valence-corrected chi connectivity index (χ4v) is 2.61. The summed E-state index contributed by atoms with van der Waals surface area (Å²) in [5.41, 5.74) is 4.40. The molecule has 1 aromatic heterocycles. The highest BCUT2D eigenvalue weighted by molar-refractivity contribution is 5.87. The summed E-state index contributed by atoms with van der Waals surface area (Å²) in [6, 6.07) is 10.4. The van der Waals surface area contributed by atoms with E-state index in [1.165, 1.54) is 38.1 Å². The van der Waals surface area contributed by atoms with Gasteiger partial charge in [0.25, 0.3) is 5.91 Å². The lowest BCUT2D eigenvalue weighted by atomic mass is 10.2. The van der Waals surface area contributed by atoms with E-state index in [0.29, 0.717) is 22.6 Å². The summed E-state index contributed by atoms with van der Waals surface area (Å²) in [7, 11) is 2.91. The molecule has 0 saturated heterocycles. The lowest BCUT2D eigenvalue weighted by Crippen LogP contribution is -2.23. The molecule has 0 radical (unpaired) electrons. The number of fused-ring (bicyclic) bond motifs is 1. The quantitative estimate of drug-likeness (QED) is 0.278. The maximum absolute atomic E-state index is 12.2. The third-order valence-electron chi connectivity index (χ3n) is 3.88. The fraction of sp³-hybridized carbons (Fsp3) is 0.211. The summed E-state index contributed by atoms with van der Waals surface area (Å²) in [5.74, 6) is 0.0697. The molecule has 0 atom stereocenters. The van der Waals surface area contributed by atoms with Gasteiger partial charge in [-0.15, -0.1) is 5.10 Å². The van der Waals surface area contributed by atoms with Crippen LogP contribution in [-0.2, 0) is 16.1 Å². The molecule has 0 aliphatic heterocycles. The molecule has 0 saturated carbocycles. The Morgan fingerprint density at radius 1 is 1.14 bits per heavy atom. The topological polar surface area (TPSA) is 117 Å². The Bertz CT molecular complexity index is 1080. The summed E-state index contributed by atoms with van der Waals surface area (Å²) in [5, 5.41) is 11.9. The monoisotopic (exact) mass is 397 g/mol. The minimum Gasteiger partial charge on any atom is -0.496 e. The molecule has 0 aliphatic rings. The highest BCUT2D eigenvalue weighted by Gasteiger charge is 2.13. The number of carbonyl (C=O) groups is 2. The maximum atomic E-state index is 12.2.